The number of aromatic nitrogens is 3. The Hall–Kier alpha value is -4.93. The normalized spacial score (nSPS) is 15.4. The smallest absolute Gasteiger partial charge is 0.420 e. The van der Waals surface area contributed by atoms with E-state index < -0.39 is 23.2 Å². The van der Waals surface area contributed by atoms with Crippen LogP contribution in [0.2, 0.25) is 5.02 Å². The number of nitrogens with one attached hydrogen (secondary N) is 1. The number of methoxy groups -OCH3 is 1. The first-order valence-electron chi connectivity index (χ1n) is 13.6. The number of alkyl halides is 1. The summed E-state index contributed by atoms with van der Waals surface area (Å²) in [6, 6.07) is 22.5. The third kappa shape index (κ3) is 5.57. The minimum absolute atomic E-state index is 0.0419. The van der Waals surface area contributed by atoms with Gasteiger partial charge in [-0.2, -0.15) is 4.57 Å². The summed E-state index contributed by atoms with van der Waals surface area (Å²) >= 11 is 13.5. The van der Waals surface area contributed by atoms with Gasteiger partial charge in [-0.15, -0.1) is 11.6 Å². The predicted molar refractivity (Wildman–Crippen MR) is 169 cm³/mol. The number of benzene rings is 3. The average molecular weight is 630 g/mol. The second-order valence-corrected chi connectivity index (χ2v) is 11.2. The van der Waals surface area contributed by atoms with E-state index in [-0.39, 0.29) is 23.6 Å². The molecule has 44 heavy (non-hydrogen) atoms. The Morgan fingerprint density at radius 1 is 1.05 bits per heavy atom. The zero-order valence-electron chi connectivity index (χ0n) is 23.3. The molecule has 3 heterocycles. The molecule has 2 aromatic heterocycles. The van der Waals surface area contributed by atoms with Gasteiger partial charge in [0.15, 0.2) is 5.65 Å². The van der Waals surface area contributed by atoms with Crippen molar-refractivity contribution in [3.05, 3.63) is 123 Å². The van der Waals surface area contributed by atoms with E-state index in [9.17, 15) is 19.5 Å². The minimum Gasteiger partial charge on any atom is -0.497 e. The number of fused-ring (bicyclic) bond motifs is 2. The number of anilines is 1. The van der Waals surface area contributed by atoms with Gasteiger partial charge in [-0.1, -0.05) is 54.1 Å². The summed E-state index contributed by atoms with van der Waals surface area (Å²) in [6.07, 6.45) is 0.361. The molecule has 2 unspecified atom stereocenters. The first kappa shape index (κ1) is 29.2. The fourth-order valence-corrected chi connectivity index (χ4v) is 5.79. The maximum atomic E-state index is 14.4. The van der Waals surface area contributed by atoms with Crippen LogP contribution in [0.4, 0.5) is 10.5 Å². The van der Waals surface area contributed by atoms with E-state index >= 15 is 0 Å². The van der Waals surface area contributed by atoms with Gasteiger partial charge in [0.05, 0.1) is 30.4 Å². The SMILES string of the molecule is COc1ccc(CN2C(=O)C(C(Cl)Cc3ccccc3)N=C(c3cnc4[nH]c(=O)n(C(=O)O)c4c3)c3cc(Cl)ccc32)cc1. The topological polar surface area (TPSA) is 130 Å². The maximum absolute atomic E-state index is 14.4. The number of hydrogen-bond acceptors (Lipinski definition) is 6. The summed E-state index contributed by atoms with van der Waals surface area (Å²) < 4.78 is 5.87. The molecule has 0 saturated heterocycles. The fraction of sp³-hybridized carbons (Fsp3) is 0.156. The van der Waals surface area contributed by atoms with E-state index in [1.165, 1.54) is 12.3 Å². The zero-order chi connectivity index (χ0) is 31.0. The number of pyridine rings is 1. The Morgan fingerprint density at radius 3 is 2.50 bits per heavy atom. The van der Waals surface area contributed by atoms with Gasteiger partial charge in [0.25, 0.3) is 5.91 Å². The lowest BCUT2D eigenvalue weighted by Gasteiger charge is -2.27. The van der Waals surface area contributed by atoms with Crippen molar-refractivity contribution < 1.29 is 19.4 Å². The number of carbonyl (C=O) groups excluding carboxylic acids is 1. The molecule has 6 rings (SSSR count). The molecule has 2 atom stereocenters. The van der Waals surface area contributed by atoms with E-state index in [2.05, 4.69) is 9.97 Å². The lowest BCUT2D eigenvalue weighted by molar-refractivity contribution is -0.119. The molecule has 1 aliphatic rings. The minimum atomic E-state index is -1.46. The van der Waals surface area contributed by atoms with Crippen LogP contribution in [-0.4, -0.2) is 55.9 Å². The molecule has 0 radical (unpaired) electrons. The van der Waals surface area contributed by atoms with Crippen LogP contribution in [0.15, 0.2) is 94.8 Å². The monoisotopic (exact) mass is 629 g/mol. The molecule has 0 fully saturated rings. The van der Waals surface area contributed by atoms with E-state index in [0.717, 1.165) is 11.1 Å². The number of aromatic amines is 1. The number of carbonyl (C=O) groups is 2. The summed E-state index contributed by atoms with van der Waals surface area (Å²) in [7, 11) is 1.58. The molecule has 0 spiro atoms. The van der Waals surface area contributed by atoms with Crippen molar-refractivity contribution in [1.82, 2.24) is 14.5 Å². The van der Waals surface area contributed by atoms with Gasteiger partial charge in [0.1, 0.15) is 17.3 Å². The van der Waals surface area contributed by atoms with Crippen LogP contribution in [0.5, 0.6) is 5.75 Å². The van der Waals surface area contributed by atoms with Crippen LogP contribution in [0.3, 0.4) is 0 Å². The van der Waals surface area contributed by atoms with Crippen molar-refractivity contribution in [3.63, 3.8) is 0 Å². The highest BCUT2D eigenvalue weighted by molar-refractivity contribution is 6.32. The Labute approximate surface area is 261 Å². The second-order valence-electron chi connectivity index (χ2n) is 10.2. The molecule has 1 aliphatic heterocycles. The number of nitrogens with zero attached hydrogens (tertiary/aromatic N) is 4. The summed E-state index contributed by atoms with van der Waals surface area (Å²) in [5.41, 5.74) is 2.83. The summed E-state index contributed by atoms with van der Waals surface area (Å²) in [4.78, 5) is 52.0. The summed E-state index contributed by atoms with van der Waals surface area (Å²) in [5, 5.41) is 9.33. The van der Waals surface area contributed by atoms with Crippen molar-refractivity contribution in [1.29, 1.82) is 0 Å². The quantitative estimate of drug-likeness (QED) is 0.228. The molecule has 222 valence electrons. The molecule has 3 aromatic carbocycles. The highest BCUT2D eigenvalue weighted by Crippen LogP contribution is 2.34. The summed E-state index contributed by atoms with van der Waals surface area (Å²) in [6.45, 7) is 0.208. The second kappa shape index (κ2) is 12.0. The summed E-state index contributed by atoms with van der Waals surface area (Å²) in [5.74, 6) is 0.358. The molecular formula is C32H25Cl2N5O5. The molecule has 12 heteroatoms. The number of carboxylic acid groups (broad SMARTS) is 1. The molecular weight excluding hydrogens is 605 g/mol. The number of H-pyrrole nitrogens is 1. The van der Waals surface area contributed by atoms with Crippen LogP contribution in [0.1, 0.15) is 22.3 Å². The molecule has 0 aliphatic carbocycles. The van der Waals surface area contributed by atoms with Gasteiger partial charge >= 0.3 is 11.8 Å². The lowest BCUT2D eigenvalue weighted by atomic mass is 10.0. The Kier molecular flexibility index (Phi) is 7.94. The van der Waals surface area contributed by atoms with E-state index in [1.807, 2.05) is 54.6 Å². The van der Waals surface area contributed by atoms with E-state index in [0.29, 0.717) is 44.3 Å². The third-order valence-corrected chi connectivity index (χ3v) is 8.04. The number of imidazole rings is 1. The van der Waals surface area contributed by atoms with Crippen molar-refractivity contribution in [2.75, 3.05) is 12.0 Å². The van der Waals surface area contributed by atoms with Gasteiger partial charge in [0, 0.05) is 22.3 Å². The number of benzodiazepines with no additional fused rings is 1. The molecule has 2 N–H and O–H groups in total. The van der Waals surface area contributed by atoms with Crippen molar-refractivity contribution in [2.45, 2.75) is 24.4 Å². The van der Waals surface area contributed by atoms with Gasteiger partial charge in [-0.3, -0.25) is 14.8 Å². The van der Waals surface area contributed by atoms with Crippen LogP contribution in [-0.2, 0) is 17.8 Å². The van der Waals surface area contributed by atoms with Crippen LogP contribution in [0.25, 0.3) is 11.2 Å². The zero-order valence-corrected chi connectivity index (χ0v) is 24.8. The molecule has 0 bridgehead atoms. The van der Waals surface area contributed by atoms with Gasteiger partial charge in [-0.25, -0.2) is 14.6 Å². The van der Waals surface area contributed by atoms with Crippen LogP contribution >= 0.6 is 23.2 Å². The van der Waals surface area contributed by atoms with Crippen LogP contribution < -0.4 is 15.3 Å². The number of aliphatic imine (C=N–C) groups is 1. The van der Waals surface area contributed by atoms with Crippen molar-refractivity contribution >= 4 is 57.8 Å². The standard InChI is InChI=1S/C32H25Cl2N5O5/c1-44-22-10-7-19(8-11-22)17-38-25-12-9-21(33)15-23(25)27(20-14-26-29(35-16-20)37-31(41)39(26)32(42)43)36-28(30(38)40)24(34)13-18-5-3-2-4-6-18/h2-12,14-16,24,28H,13,17H2,1H3,(H,42,43)(H,35,37,41). The van der Waals surface area contributed by atoms with Gasteiger partial charge in [0.2, 0.25) is 0 Å². The van der Waals surface area contributed by atoms with Crippen LogP contribution in [0, 0.1) is 0 Å². The number of amides is 1. The van der Waals surface area contributed by atoms with Gasteiger partial charge in [-0.05, 0) is 53.9 Å². The molecule has 5 aromatic rings. The average Bonchev–Trinajstić information content (AvgIpc) is 3.30. The number of rotatable bonds is 7. The first-order valence-corrected chi connectivity index (χ1v) is 14.4. The Bertz CT molecular complexity index is 1970. The molecule has 10 nitrogen and oxygen atoms in total. The van der Waals surface area contributed by atoms with E-state index in [1.54, 1.807) is 30.2 Å². The molecule has 1 amide bonds. The highest BCUT2D eigenvalue weighted by atomic mass is 35.5. The number of halogens is 2. The predicted octanol–water partition coefficient (Wildman–Crippen LogP) is 5.52. The third-order valence-electron chi connectivity index (χ3n) is 7.41. The number of ether oxygens (including phenoxy) is 1. The Morgan fingerprint density at radius 2 is 1.80 bits per heavy atom. The number of hydrogen-bond donors (Lipinski definition) is 2. The highest BCUT2D eigenvalue weighted by Gasteiger charge is 2.37. The van der Waals surface area contributed by atoms with E-state index in [4.69, 9.17) is 32.9 Å². The van der Waals surface area contributed by atoms with Crippen molar-refractivity contribution in [3.8, 4) is 5.75 Å². The fourth-order valence-electron chi connectivity index (χ4n) is 5.27. The van der Waals surface area contributed by atoms with Gasteiger partial charge < -0.3 is 14.7 Å². The van der Waals surface area contributed by atoms with Crippen molar-refractivity contribution in [2.24, 2.45) is 4.99 Å². The Balaban J connectivity index is 1.53. The molecule has 0 saturated carbocycles. The lowest BCUT2D eigenvalue weighted by Crippen LogP contribution is -2.42. The first-order chi connectivity index (χ1) is 21.2. The largest absolute Gasteiger partial charge is 0.497 e. The maximum Gasteiger partial charge on any atom is 0.420 e.